The van der Waals surface area contributed by atoms with Gasteiger partial charge in [-0.15, -0.1) is 12.4 Å². The molecule has 3 saturated carbocycles. The maximum atomic E-state index is 12.6. The highest BCUT2D eigenvalue weighted by molar-refractivity contribution is 5.85. The number of amides is 1. The van der Waals surface area contributed by atoms with Gasteiger partial charge in [0.1, 0.15) is 0 Å². The number of rotatable bonds is 2. The summed E-state index contributed by atoms with van der Waals surface area (Å²) in [7, 11) is 0. The van der Waals surface area contributed by atoms with Crippen LogP contribution in [0.5, 0.6) is 0 Å². The van der Waals surface area contributed by atoms with Crippen LogP contribution in [0.1, 0.15) is 51.4 Å². The summed E-state index contributed by atoms with van der Waals surface area (Å²) in [6, 6.07) is 0.342. The second-order valence-electron chi connectivity index (χ2n) is 7.96. The van der Waals surface area contributed by atoms with Crippen LogP contribution in [0.25, 0.3) is 0 Å². The summed E-state index contributed by atoms with van der Waals surface area (Å²) in [5.41, 5.74) is 6.26. The summed E-state index contributed by atoms with van der Waals surface area (Å²) in [5, 5.41) is 0. The van der Waals surface area contributed by atoms with E-state index in [1.807, 2.05) is 0 Å². The minimum atomic E-state index is 0. The second-order valence-corrected chi connectivity index (χ2v) is 7.96. The molecule has 0 spiro atoms. The zero-order valence-electron chi connectivity index (χ0n) is 12.9. The van der Waals surface area contributed by atoms with Gasteiger partial charge >= 0.3 is 0 Å². The minimum absolute atomic E-state index is 0. The number of fused-ring (bicyclic) bond motifs is 3. The van der Waals surface area contributed by atoms with Crippen molar-refractivity contribution in [1.82, 2.24) is 4.90 Å². The average Bonchev–Trinajstić information content (AvgIpc) is 3.12. The standard InChI is InChI=1S/C17H28N2O.ClH/c18-16-3-1-2-13-9-19(10-15(13)16)17(20)8-14-7-11-4-5-12(14)6-11;/h11-16H,1-10,18H2;1H. The highest BCUT2D eigenvalue weighted by Crippen LogP contribution is 2.49. The molecule has 1 amide bonds. The topological polar surface area (TPSA) is 46.3 Å². The van der Waals surface area contributed by atoms with Gasteiger partial charge in [0.25, 0.3) is 0 Å². The first-order valence-corrected chi connectivity index (χ1v) is 8.74. The molecule has 0 aromatic heterocycles. The van der Waals surface area contributed by atoms with Gasteiger partial charge in [-0.1, -0.05) is 12.8 Å². The number of halogens is 1. The number of nitrogens with two attached hydrogens (primary N) is 1. The largest absolute Gasteiger partial charge is 0.342 e. The second kappa shape index (κ2) is 6.08. The zero-order chi connectivity index (χ0) is 13.7. The molecular weight excluding hydrogens is 284 g/mol. The Morgan fingerprint density at radius 2 is 1.90 bits per heavy atom. The highest BCUT2D eigenvalue weighted by atomic mass is 35.5. The lowest BCUT2D eigenvalue weighted by molar-refractivity contribution is -0.131. The Morgan fingerprint density at radius 1 is 1.05 bits per heavy atom. The summed E-state index contributed by atoms with van der Waals surface area (Å²) in [6.07, 6.45) is 10.1. The first kappa shape index (κ1) is 15.6. The van der Waals surface area contributed by atoms with Crippen LogP contribution in [0.15, 0.2) is 0 Å². The average molecular weight is 313 g/mol. The van der Waals surface area contributed by atoms with Gasteiger partial charge in [0, 0.05) is 25.6 Å². The van der Waals surface area contributed by atoms with Crippen LogP contribution in [0, 0.1) is 29.6 Å². The van der Waals surface area contributed by atoms with Crippen LogP contribution in [0.4, 0.5) is 0 Å². The molecule has 1 aliphatic heterocycles. The van der Waals surface area contributed by atoms with Gasteiger partial charge in [-0.2, -0.15) is 0 Å². The van der Waals surface area contributed by atoms with Crippen molar-refractivity contribution in [2.75, 3.05) is 13.1 Å². The molecule has 1 saturated heterocycles. The molecule has 4 fully saturated rings. The van der Waals surface area contributed by atoms with E-state index in [1.165, 1.54) is 38.5 Å². The molecule has 1 heterocycles. The van der Waals surface area contributed by atoms with E-state index in [1.54, 1.807) is 0 Å². The Balaban J connectivity index is 0.00000132. The van der Waals surface area contributed by atoms with Crippen LogP contribution in [0.3, 0.4) is 0 Å². The lowest BCUT2D eigenvalue weighted by Gasteiger charge is -2.29. The molecule has 6 unspecified atom stereocenters. The number of hydrogen-bond donors (Lipinski definition) is 1. The quantitative estimate of drug-likeness (QED) is 0.852. The number of hydrogen-bond acceptors (Lipinski definition) is 2. The summed E-state index contributed by atoms with van der Waals surface area (Å²) in [4.78, 5) is 14.8. The van der Waals surface area contributed by atoms with Crippen molar-refractivity contribution in [3.8, 4) is 0 Å². The fourth-order valence-electron chi connectivity index (χ4n) is 5.70. The Bertz CT molecular complexity index is 402. The third kappa shape index (κ3) is 2.84. The molecule has 3 nitrogen and oxygen atoms in total. The summed E-state index contributed by atoms with van der Waals surface area (Å²) >= 11 is 0. The Kier molecular flexibility index (Phi) is 4.52. The van der Waals surface area contributed by atoms with Gasteiger partial charge in [0.05, 0.1) is 0 Å². The predicted octanol–water partition coefficient (Wildman–Crippen LogP) is 2.82. The van der Waals surface area contributed by atoms with E-state index in [4.69, 9.17) is 5.73 Å². The molecule has 4 heteroatoms. The maximum absolute atomic E-state index is 12.6. The molecule has 3 aliphatic carbocycles. The number of carbonyl (C=O) groups is 1. The van der Waals surface area contributed by atoms with E-state index in [0.717, 1.165) is 37.8 Å². The van der Waals surface area contributed by atoms with Crippen molar-refractivity contribution < 1.29 is 4.79 Å². The van der Waals surface area contributed by atoms with Crippen molar-refractivity contribution in [1.29, 1.82) is 0 Å². The lowest BCUT2D eigenvalue weighted by Crippen LogP contribution is -2.38. The van der Waals surface area contributed by atoms with E-state index in [-0.39, 0.29) is 12.4 Å². The summed E-state index contributed by atoms with van der Waals surface area (Å²) in [5.74, 6) is 4.25. The number of likely N-dealkylation sites (tertiary alicyclic amines) is 1. The third-order valence-electron chi connectivity index (χ3n) is 6.83. The van der Waals surface area contributed by atoms with E-state index < -0.39 is 0 Å². The SMILES string of the molecule is Cl.NC1CCCC2CN(C(=O)CC3CC4CCC3C4)CC12. The molecule has 4 aliphatic rings. The van der Waals surface area contributed by atoms with Gasteiger partial charge in [-0.25, -0.2) is 0 Å². The summed E-state index contributed by atoms with van der Waals surface area (Å²) < 4.78 is 0. The zero-order valence-corrected chi connectivity index (χ0v) is 13.7. The summed E-state index contributed by atoms with van der Waals surface area (Å²) in [6.45, 7) is 1.95. The third-order valence-corrected chi connectivity index (χ3v) is 6.83. The minimum Gasteiger partial charge on any atom is -0.342 e. The molecular formula is C17H29ClN2O. The Labute approximate surface area is 134 Å². The molecule has 120 valence electrons. The van der Waals surface area contributed by atoms with E-state index in [2.05, 4.69) is 4.90 Å². The van der Waals surface area contributed by atoms with Crippen LogP contribution < -0.4 is 5.73 Å². The number of carbonyl (C=O) groups excluding carboxylic acids is 1. The van der Waals surface area contributed by atoms with Crippen LogP contribution in [-0.2, 0) is 4.79 Å². The molecule has 2 bridgehead atoms. The van der Waals surface area contributed by atoms with E-state index >= 15 is 0 Å². The Morgan fingerprint density at radius 3 is 2.57 bits per heavy atom. The van der Waals surface area contributed by atoms with Crippen molar-refractivity contribution in [2.24, 2.45) is 35.3 Å². The monoisotopic (exact) mass is 312 g/mol. The smallest absolute Gasteiger partial charge is 0.222 e. The van der Waals surface area contributed by atoms with Crippen molar-refractivity contribution >= 4 is 18.3 Å². The molecule has 0 aromatic rings. The van der Waals surface area contributed by atoms with E-state index in [9.17, 15) is 4.79 Å². The van der Waals surface area contributed by atoms with Crippen LogP contribution in [0.2, 0.25) is 0 Å². The molecule has 0 aromatic carbocycles. The fraction of sp³-hybridized carbons (Fsp3) is 0.941. The van der Waals surface area contributed by atoms with Crippen LogP contribution >= 0.6 is 12.4 Å². The number of nitrogens with zero attached hydrogens (tertiary/aromatic N) is 1. The van der Waals surface area contributed by atoms with E-state index in [0.29, 0.717) is 29.7 Å². The Hall–Kier alpha value is -0.280. The van der Waals surface area contributed by atoms with Gasteiger partial charge in [-0.05, 0) is 61.7 Å². The van der Waals surface area contributed by atoms with Gasteiger partial charge in [0.2, 0.25) is 5.91 Å². The molecule has 6 atom stereocenters. The molecule has 21 heavy (non-hydrogen) atoms. The van der Waals surface area contributed by atoms with Gasteiger partial charge in [-0.3, -0.25) is 4.79 Å². The fourth-order valence-corrected chi connectivity index (χ4v) is 5.70. The van der Waals surface area contributed by atoms with Crippen molar-refractivity contribution in [2.45, 2.75) is 57.4 Å². The first-order valence-electron chi connectivity index (χ1n) is 8.74. The van der Waals surface area contributed by atoms with Crippen LogP contribution in [-0.4, -0.2) is 29.9 Å². The van der Waals surface area contributed by atoms with Gasteiger partial charge in [0.15, 0.2) is 0 Å². The van der Waals surface area contributed by atoms with Gasteiger partial charge < -0.3 is 10.6 Å². The molecule has 2 N–H and O–H groups in total. The van der Waals surface area contributed by atoms with Crippen molar-refractivity contribution in [3.63, 3.8) is 0 Å². The maximum Gasteiger partial charge on any atom is 0.222 e. The predicted molar refractivity (Wildman–Crippen MR) is 86.2 cm³/mol. The normalized spacial score (nSPS) is 44.5. The van der Waals surface area contributed by atoms with Crippen molar-refractivity contribution in [3.05, 3.63) is 0 Å². The molecule has 0 radical (unpaired) electrons. The lowest BCUT2D eigenvalue weighted by atomic mass is 9.78. The molecule has 4 rings (SSSR count). The highest BCUT2D eigenvalue weighted by Gasteiger charge is 2.43. The first-order chi connectivity index (χ1) is 9.70.